The van der Waals surface area contributed by atoms with Gasteiger partial charge in [0.05, 0.1) is 65.7 Å². The summed E-state index contributed by atoms with van der Waals surface area (Å²) < 4.78 is 58.9. The molecular formula is C61H72F3N9O7S5. The summed E-state index contributed by atoms with van der Waals surface area (Å²) in [4.78, 5) is 68.6. The average molecular weight is 1260 g/mol. The second-order valence-electron chi connectivity index (χ2n) is 23.5. The maximum Gasteiger partial charge on any atom is 0.410 e. The zero-order valence-corrected chi connectivity index (χ0v) is 53.0. The number of nitrogen functional groups attached to an aromatic ring is 2. The van der Waals surface area contributed by atoms with E-state index in [1.165, 1.54) is 93.1 Å². The molecule has 8 aromatic rings. The molecule has 3 aliphatic heterocycles. The molecule has 0 radical (unpaired) electrons. The van der Waals surface area contributed by atoms with Crippen molar-refractivity contribution in [2.45, 2.75) is 164 Å². The zero-order chi connectivity index (χ0) is 61.3. The number of hydrogen-bond donors (Lipinski definition) is 2. The molecule has 0 saturated carbocycles. The van der Waals surface area contributed by atoms with Crippen LogP contribution in [0.25, 0.3) is 51.8 Å². The monoisotopic (exact) mass is 1260 g/mol. The number of halogens is 3. The number of nitrogens with zero attached hydrogens (tertiary/aromatic N) is 7. The van der Waals surface area contributed by atoms with E-state index in [2.05, 4.69) is 15.0 Å². The SMILES string of the molecule is C.CC1CC(=O)CCN1C(=O)OC(C)(C)C.CC1Cc2c(sc(N)c2-c2nc3cc(F)ccc3s2)CN1C(=O)OC(C)(C)C.CC1c2sc(N)c(-c3nc4cc(F)ccc4s3)c2CCN1C(=O)OC(C)(C)C.N#CCc1nc2cc(F)ccc2s1. The van der Waals surface area contributed by atoms with Crippen molar-refractivity contribution >= 4 is 121 Å². The van der Waals surface area contributed by atoms with Crippen LogP contribution < -0.4 is 11.5 Å². The Kier molecular flexibility index (Phi) is 20.4. The van der Waals surface area contributed by atoms with Crippen LogP contribution in [0, 0.1) is 28.8 Å². The lowest BCUT2D eigenvalue weighted by atomic mass is 9.98. The highest BCUT2D eigenvalue weighted by atomic mass is 32.1. The fourth-order valence-corrected chi connectivity index (χ4v) is 14.9. The molecule has 11 rings (SSSR count). The molecule has 1 fully saturated rings. The van der Waals surface area contributed by atoms with Gasteiger partial charge in [-0.15, -0.1) is 56.7 Å². The Morgan fingerprint density at radius 1 is 0.612 bits per heavy atom. The fourth-order valence-electron chi connectivity index (χ4n) is 9.56. The van der Waals surface area contributed by atoms with Gasteiger partial charge < -0.3 is 40.4 Å². The van der Waals surface area contributed by atoms with Crippen molar-refractivity contribution in [1.82, 2.24) is 29.7 Å². The summed E-state index contributed by atoms with van der Waals surface area (Å²) in [5.41, 5.74) is 17.2. The highest BCUT2D eigenvalue weighted by Gasteiger charge is 2.37. The topological polar surface area (TPSA) is 220 Å². The number of nitrogens with two attached hydrogens (primary N) is 2. The highest BCUT2D eigenvalue weighted by molar-refractivity contribution is 7.23. The molecule has 4 N–H and O–H groups in total. The van der Waals surface area contributed by atoms with Crippen LogP contribution in [0.2, 0.25) is 0 Å². The lowest BCUT2D eigenvalue weighted by Crippen LogP contribution is -2.46. The third-order valence-corrected chi connectivity index (χ3v) is 18.7. The van der Waals surface area contributed by atoms with E-state index in [-0.39, 0.29) is 67.1 Å². The lowest BCUT2D eigenvalue weighted by molar-refractivity contribution is -0.122. The Labute approximate surface area is 513 Å². The van der Waals surface area contributed by atoms with Crippen molar-refractivity contribution in [3.8, 4) is 27.2 Å². The predicted molar refractivity (Wildman–Crippen MR) is 337 cm³/mol. The number of nitriles is 1. The number of aromatic nitrogens is 3. The van der Waals surface area contributed by atoms with Crippen molar-refractivity contribution in [3.05, 3.63) is 97.9 Å². The number of hydrogen-bond acceptors (Lipinski definition) is 18. The van der Waals surface area contributed by atoms with Gasteiger partial charge in [-0.3, -0.25) is 4.79 Å². The summed E-state index contributed by atoms with van der Waals surface area (Å²) in [7, 11) is 0. The lowest BCUT2D eigenvalue weighted by Gasteiger charge is -2.35. The van der Waals surface area contributed by atoms with Gasteiger partial charge in [-0.05, 0) is 143 Å². The normalized spacial score (nSPS) is 16.8. The summed E-state index contributed by atoms with van der Waals surface area (Å²) >= 11 is 7.43. The minimum absolute atomic E-state index is 0. The minimum atomic E-state index is -0.535. The predicted octanol–water partition coefficient (Wildman–Crippen LogP) is 16.1. The van der Waals surface area contributed by atoms with Gasteiger partial charge in [0, 0.05) is 77.1 Å². The average Bonchev–Trinajstić information content (AvgIpc) is 1.77. The molecule has 1 saturated heterocycles. The summed E-state index contributed by atoms with van der Waals surface area (Å²) in [6, 6.07) is 15.6. The Hall–Kier alpha value is -6.91. The number of ketones is 1. The summed E-state index contributed by atoms with van der Waals surface area (Å²) in [6.45, 7) is 24.1. The van der Waals surface area contributed by atoms with Crippen LogP contribution in [-0.4, -0.2) is 95.7 Å². The number of Topliss-reactive ketones (excluding diaryl/α,β-unsaturated/α-hetero) is 1. The van der Waals surface area contributed by atoms with Gasteiger partial charge in [0.1, 0.15) is 55.1 Å². The van der Waals surface area contributed by atoms with Gasteiger partial charge in [-0.2, -0.15) is 5.26 Å². The van der Waals surface area contributed by atoms with E-state index < -0.39 is 16.8 Å². The Bertz CT molecular complexity index is 3780. The third kappa shape index (κ3) is 16.1. The second-order valence-corrected chi connectivity index (χ2v) is 28.9. The molecule has 16 nitrogen and oxygen atoms in total. The number of piperidine rings is 1. The summed E-state index contributed by atoms with van der Waals surface area (Å²) in [6.07, 6.45) is 1.62. The first-order valence-corrected chi connectivity index (χ1v) is 31.3. The Morgan fingerprint density at radius 3 is 1.54 bits per heavy atom. The number of fused-ring (bicyclic) bond motifs is 5. The van der Waals surface area contributed by atoms with E-state index in [0.717, 1.165) is 61.1 Å². The van der Waals surface area contributed by atoms with E-state index >= 15 is 0 Å². The van der Waals surface area contributed by atoms with Gasteiger partial charge in [0.25, 0.3) is 0 Å². The number of carbonyl (C=O) groups is 4. The fraction of sp³-hybridized carbons (Fsp3) is 0.443. The van der Waals surface area contributed by atoms with Crippen molar-refractivity contribution < 1.29 is 46.6 Å². The van der Waals surface area contributed by atoms with Gasteiger partial charge in [0.2, 0.25) is 0 Å². The number of anilines is 2. The van der Waals surface area contributed by atoms with Crippen LogP contribution >= 0.6 is 56.7 Å². The second kappa shape index (κ2) is 26.4. The number of carbonyl (C=O) groups excluding carboxylic acids is 4. The molecule has 0 aliphatic carbocycles. The maximum atomic E-state index is 13.5. The first-order chi connectivity index (χ1) is 39.3. The molecule has 3 aliphatic rings. The summed E-state index contributed by atoms with van der Waals surface area (Å²) in [5, 5.41) is 12.1. The quantitative estimate of drug-likeness (QED) is 0.157. The van der Waals surface area contributed by atoms with E-state index in [9.17, 15) is 32.3 Å². The van der Waals surface area contributed by atoms with Crippen LogP contribution in [0.15, 0.2) is 54.6 Å². The molecule has 0 bridgehead atoms. The number of thiophene rings is 2. The molecule has 3 aromatic carbocycles. The van der Waals surface area contributed by atoms with Crippen molar-refractivity contribution in [2.24, 2.45) is 0 Å². The molecule has 5 aromatic heterocycles. The van der Waals surface area contributed by atoms with E-state index in [1.54, 1.807) is 32.9 Å². The number of likely N-dealkylation sites (tertiary alicyclic amines) is 1. The molecule has 3 atom stereocenters. The van der Waals surface area contributed by atoms with Crippen molar-refractivity contribution in [3.63, 3.8) is 0 Å². The molecule has 3 amide bonds. The van der Waals surface area contributed by atoms with Crippen LogP contribution in [0.5, 0.6) is 0 Å². The van der Waals surface area contributed by atoms with Crippen LogP contribution in [0.3, 0.4) is 0 Å². The highest BCUT2D eigenvalue weighted by Crippen LogP contribution is 2.48. The number of benzene rings is 3. The molecule has 3 unspecified atom stereocenters. The van der Waals surface area contributed by atoms with Gasteiger partial charge in [-0.25, -0.2) is 42.5 Å². The van der Waals surface area contributed by atoms with Crippen molar-refractivity contribution in [1.29, 1.82) is 5.26 Å². The Balaban J connectivity index is 0.000000170. The molecule has 24 heteroatoms. The van der Waals surface area contributed by atoms with E-state index in [0.29, 0.717) is 78.3 Å². The number of amides is 3. The number of rotatable bonds is 3. The van der Waals surface area contributed by atoms with Crippen LogP contribution in [0.4, 0.5) is 37.6 Å². The van der Waals surface area contributed by atoms with Gasteiger partial charge in [0.15, 0.2) is 0 Å². The zero-order valence-electron chi connectivity index (χ0n) is 48.9. The first kappa shape index (κ1) is 65.6. The van der Waals surface area contributed by atoms with E-state index in [4.69, 9.17) is 30.9 Å². The third-order valence-electron chi connectivity index (χ3n) is 13.3. The molecule has 8 heterocycles. The molecule has 454 valence electrons. The molecule has 0 spiro atoms. The largest absolute Gasteiger partial charge is 0.444 e. The smallest absolute Gasteiger partial charge is 0.410 e. The summed E-state index contributed by atoms with van der Waals surface area (Å²) in [5.74, 6) is -0.666. The Morgan fingerprint density at radius 2 is 1.05 bits per heavy atom. The van der Waals surface area contributed by atoms with Crippen LogP contribution in [-0.2, 0) is 44.8 Å². The minimum Gasteiger partial charge on any atom is -0.444 e. The first-order valence-electron chi connectivity index (χ1n) is 27.2. The molecule has 85 heavy (non-hydrogen) atoms. The maximum absolute atomic E-state index is 13.5. The van der Waals surface area contributed by atoms with Crippen LogP contribution in [0.1, 0.15) is 135 Å². The number of thiazole rings is 3. The van der Waals surface area contributed by atoms with Crippen molar-refractivity contribution in [2.75, 3.05) is 24.6 Å². The number of ether oxygens (including phenoxy) is 3. The van der Waals surface area contributed by atoms with Gasteiger partial charge in [-0.1, -0.05) is 7.43 Å². The van der Waals surface area contributed by atoms with E-state index in [1.807, 2.05) is 89.2 Å². The van der Waals surface area contributed by atoms with Gasteiger partial charge >= 0.3 is 18.3 Å². The molecular weight excluding hydrogens is 1190 g/mol. The standard InChI is InChI=1S/2C20H22FN3O2S2.C11H19NO3.C9H5FN2S.CH4/c1-10-7-12-15(9-24(10)19(25)26-20(2,3)4)27-17(22)16(12)18-23-13-8-11(21)5-6-14(13)28-18;1-10-16-12(7-8-24(10)19(25)26-20(2,3)4)15(17(22)28-16)18-23-13-9-11(21)5-6-14(13)27-18;1-8-7-9(13)5-6-12(8)10(14)15-11(2,3)4;10-6-1-2-8-7(5-6)12-9(13-8)3-4-11;/h5-6,8,10H,7,9,22H2,1-4H3;5-6,9-10H,7-8,22H2,1-4H3;8H,5-7H2,1-4H3;1-2,5H,3H2;1H4.